The minimum absolute atomic E-state index is 0.298. The van der Waals surface area contributed by atoms with Crippen molar-refractivity contribution in [2.24, 2.45) is 5.73 Å². The largest absolute Gasteiger partial charge is 0.485 e. The molecule has 0 heterocycles. The van der Waals surface area contributed by atoms with Crippen molar-refractivity contribution in [2.75, 3.05) is 0 Å². The summed E-state index contributed by atoms with van der Waals surface area (Å²) in [6.07, 6.45) is 1.77. The van der Waals surface area contributed by atoms with Gasteiger partial charge in [-0.15, -0.1) is 0 Å². The van der Waals surface area contributed by atoms with Gasteiger partial charge in [-0.1, -0.05) is 42.5 Å². The molecular formula is C16H16FNO. The van der Waals surface area contributed by atoms with Crippen LogP contribution in [0, 0.1) is 5.82 Å². The molecule has 2 N–H and O–H groups in total. The molecule has 0 radical (unpaired) electrons. The van der Waals surface area contributed by atoms with Gasteiger partial charge in [-0.05, 0) is 24.5 Å². The molecule has 0 atom stereocenters. The number of para-hydroxylation sites is 1. The lowest BCUT2D eigenvalue weighted by atomic mass is 10.0. The highest BCUT2D eigenvalue weighted by Gasteiger charge is 2.42. The van der Waals surface area contributed by atoms with Crippen molar-refractivity contribution >= 4 is 0 Å². The van der Waals surface area contributed by atoms with Gasteiger partial charge in [0.05, 0.1) is 0 Å². The Kier molecular flexibility index (Phi) is 2.99. The monoisotopic (exact) mass is 257 g/mol. The van der Waals surface area contributed by atoms with Crippen LogP contribution in [0.2, 0.25) is 0 Å². The molecule has 1 saturated carbocycles. The Morgan fingerprint density at radius 2 is 1.79 bits per heavy atom. The molecule has 2 aromatic carbocycles. The second kappa shape index (κ2) is 4.67. The number of hydrogen-bond acceptors (Lipinski definition) is 2. The topological polar surface area (TPSA) is 35.2 Å². The predicted molar refractivity (Wildman–Crippen MR) is 72.3 cm³/mol. The van der Waals surface area contributed by atoms with E-state index in [9.17, 15) is 4.39 Å². The second-order valence-corrected chi connectivity index (χ2v) is 5.05. The quantitative estimate of drug-likeness (QED) is 0.911. The third-order valence-electron chi connectivity index (χ3n) is 3.52. The third-order valence-corrected chi connectivity index (χ3v) is 3.52. The summed E-state index contributed by atoms with van der Waals surface area (Å²) in [7, 11) is 0. The van der Waals surface area contributed by atoms with Crippen molar-refractivity contribution in [3.05, 3.63) is 65.5 Å². The van der Waals surface area contributed by atoms with Crippen LogP contribution < -0.4 is 10.5 Å². The lowest BCUT2D eigenvalue weighted by Gasteiger charge is -2.16. The van der Waals surface area contributed by atoms with Crippen LogP contribution >= 0.6 is 0 Å². The van der Waals surface area contributed by atoms with Gasteiger partial charge in [0.1, 0.15) is 6.61 Å². The van der Waals surface area contributed by atoms with E-state index in [1.54, 1.807) is 6.07 Å². The fourth-order valence-electron chi connectivity index (χ4n) is 2.18. The number of hydrogen-bond donors (Lipinski definition) is 1. The van der Waals surface area contributed by atoms with Crippen molar-refractivity contribution in [3.8, 4) is 5.75 Å². The van der Waals surface area contributed by atoms with Crippen LogP contribution in [0.3, 0.4) is 0 Å². The molecule has 0 saturated heterocycles. The lowest BCUT2D eigenvalue weighted by Crippen LogP contribution is -2.20. The first-order valence-corrected chi connectivity index (χ1v) is 6.44. The molecule has 0 amide bonds. The summed E-state index contributed by atoms with van der Waals surface area (Å²) in [6, 6.07) is 14.7. The van der Waals surface area contributed by atoms with Crippen molar-refractivity contribution in [3.63, 3.8) is 0 Å². The molecule has 3 heteroatoms. The highest BCUT2D eigenvalue weighted by atomic mass is 19.1. The van der Waals surface area contributed by atoms with Gasteiger partial charge in [0, 0.05) is 11.1 Å². The van der Waals surface area contributed by atoms with E-state index in [-0.39, 0.29) is 5.82 Å². The standard InChI is InChI=1S/C16H16FNO/c17-14-8-4-7-13(16(18)9-10-16)15(14)19-11-12-5-2-1-3-6-12/h1-8H,9-11,18H2. The van der Waals surface area contributed by atoms with E-state index in [0.717, 1.165) is 24.0 Å². The Balaban J connectivity index is 1.84. The molecule has 2 aromatic rings. The molecule has 98 valence electrons. The summed E-state index contributed by atoms with van der Waals surface area (Å²) in [5.41, 5.74) is 7.56. The molecule has 3 rings (SSSR count). The van der Waals surface area contributed by atoms with Crippen LogP contribution in [-0.2, 0) is 12.1 Å². The first-order valence-electron chi connectivity index (χ1n) is 6.44. The summed E-state index contributed by atoms with van der Waals surface area (Å²) in [6.45, 7) is 0.352. The van der Waals surface area contributed by atoms with E-state index in [4.69, 9.17) is 10.5 Å². The van der Waals surface area contributed by atoms with E-state index in [1.807, 2.05) is 36.4 Å². The number of rotatable bonds is 4. The Morgan fingerprint density at radius 1 is 1.05 bits per heavy atom. The number of nitrogens with two attached hydrogens (primary N) is 1. The zero-order valence-electron chi connectivity index (χ0n) is 10.6. The molecule has 1 aliphatic rings. The fourth-order valence-corrected chi connectivity index (χ4v) is 2.18. The number of halogens is 1. The molecule has 0 bridgehead atoms. The molecule has 1 fully saturated rings. The minimum atomic E-state index is -0.395. The van der Waals surface area contributed by atoms with E-state index in [2.05, 4.69) is 0 Å². The number of benzene rings is 2. The van der Waals surface area contributed by atoms with E-state index < -0.39 is 5.54 Å². The first kappa shape index (κ1) is 12.2. The van der Waals surface area contributed by atoms with Crippen LogP contribution in [0.1, 0.15) is 24.0 Å². The second-order valence-electron chi connectivity index (χ2n) is 5.05. The summed E-state index contributed by atoms with van der Waals surface area (Å²) in [5.74, 6) is -0.0449. The maximum absolute atomic E-state index is 13.9. The van der Waals surface area contributed by atoms with Gasteiger partial charge in [-0.3, -0.25) is 0 Å². The van der Waals surface area contributed by atoms with Crippen molar-refractivity contribution in [2.45, 2.75) is 25.0 Å². The normalized spacial score (nSPS) is 16.1. The first-order chi connectivity index (χ1) is 9.19. The van der Waals surface area contributed by atoms with Crippen LogP contribution in [0.5, 0.6) is 5.75 Å². The third kappa shape index (κ3) is 2.47. The summed E-state index contributed by atoms with van der Waals surface area (Å²) in [5, 5.41) is 0. The van der Waals surface area contributed by atoms with Crippen molar-refractivity contribution in [1.82, 2.24) is 0 Å². The Labute approximate surface area is 112 Å². The van der Waals surface area contributed by atoms with Gasteiger partial charge in [0.25, 0.3) is 0 Å². The van der Waals surface area contributed by atoms with Crippen LogP contribution in [0.15, 0.2) is 48.5 Å². The SMILES string of the molecule is NC1(c2cccc(F)c2OCc2ccccc2)CC1. The van der Waals surface area contributed by atoms with E-state index in [1.165, 1.54) is 6.07 Å². The summed E-state index contributed by atoms with van der Waals surface area (Å²) in [4.78, 5) is 0. The molecule has 0 unspecified atom stereocenters. The van der Waals surface area contributed by atoms with Gasteiger partial charge in [0.2, 0.25) is 0 Å². The van der Waals surface area contributed by atoms with E-state index >= 15 is 0 Å². The zero-order chi connectivity index (χ0) is 13.3. The Bertz CT molecular complexity index is 579. The molecule has 1 aliphatic carbocycles. The number of ether oxygens (including phenoxy) is 1. The van der Waals surface area contributed by atoms with Crippen LogP contribution in [0.4, 0.5) is 4.39 Å². The highest BCUT2D eigenvalue weighted by Crippen LogP contribution is 2.47. The molecule has 0 aromatic heterocycles. The molecule has 0 spiro atoms. The fraction of sp³-hybridized carbons (Fsp3) is 0.250. The minimum Gasteiger partial charge on any atom is -0.485 e. The Hall–Kier alpha value is -1.87. The van der Waals surface area contributed by atoms with E-state index in [0.29, 0.717) is 12.4 Å². The molecule has 19 heavy (non-hydrogen) atoms. The maximum atomic E-state index is 13.9. The van der Waals surface area contributed by atoms with Gasteiger partial charge in [-0.2, -0.15) is 0 Å². The average molecular weight is 257 g/mol. The molecule has 0 aliphatic heterocycles. The van der Waals surface area contributed by atoms with Crippen molar-refractivity contribution < 1.29 is 9.13 Å². The Morgan fingerprint density at radius 3 is 2.47 bits per heavy atom. The van der Waals surface area contributed by atoms with Gasteiger partial charge >= 0.3 is 0 Å². The molecule has 2 nitrogen and oxygen atoms in total. The zero-order valence-corrected chi connectivity index (χ0v) is 10.6. The smallest absolute Gasteiger partial charge is 0.165 e. The van der Waals surface area contributed by atoms with Crippen LogP contribution in [-0.4, -0.2) is 0 Å². The van der Waals surface area contributed by atoms with Crippen molar-refractivity contribution in [1.29, 1.82) is 0 Å². The van der Waals surface area contributed by atoms with Crippen LogP contribution in [0.25, 0.3) is 0 Å². The summed E-state index contributed by atoms with van der Waals surface area (Å²) < 4.78 is 19.6. The average Bonchev–Trinajstić information content (AvgIpc) is 3.17. The van der Waals surface area contributed by atoms with Gasteiger partial charge in [0.15, 0.2) is 11.6 Å². The summed E-state index contributed by atoms with van der Waals surface area (Å²) >= 11 is 0. The lowest BCUT2D eigenvalue weighted by molar-refractivity contribution is 0.284. The van der Waals surface area contributed by atoms with Gasteiger partial charge < -0.3 is 10.5 Å². The highest BCUT2D eigenvalue weighted by molar-refractivity contribution is 5.43. The molecular weight excluding hydrogens is 241 g/mol. The predicted octanol–water partition coefficient (Wildman–Crippen LogP) is 3.35. The maximum Gasteiger partial charge on any atom is 0.165 e. The van der Waals surface area contributed by atoms with Gasteiger partial charge in [-0.25, -0.2) is 4.39 Å².